The van der Waals surface area contributed by atoms with Gasteiger partial charge >= 0.3 is 0 Å². The van der Waals surface area contributed by atoms with Crippen LogP contribution in [0.15, 0.2) is 223 Å². The van der Waals surface area contributed by atoms with Crippen LogP contribution >= 0.6 is 0 Å². The standard InChI is InChI=1S/C58H36O/c1-3-16-37(17-4-1)39-32-33-51-54(36-39)59-53-31-15-30-44(58(51)53)41-21-13-20-40(34-41)43-29-14-22-42-35-52(45-23-7-8-24-46(45)56(42)43)57-49-27-11-9-25-47(49)55(38-18-5-2-6-19-38)48-26-10-12-28-50(48)57/h1-36H/i1D,2D,3D,4D,5D,6D,16D,17D,18D,19D. The topological polar surface area (TPSA) is 13.1 Å². The summed E-state index contributed by atoms with van der Waals surface area (Å²) in [5.74, 6) is 0. The van der Waals surface area contributed by atoms with Crippen LogP contribution in [0, 0.1) is 0 Å². The molecule has 0 radical (unpaired) electrons. The van der Waals surface area contributed by atoms with Crippen LogP contribution in [0.5, 0.6) is 0 Å². The van der Waals surface area contributed by atoms with Crippen molar-refractivity contribution in [2.24, 2.45) is 0 Å². The van der Waals surface area contributed by atoms with Crippen molar-refractivity contribution in [2.45, 2.75) is 0 Å². The zero-order valence-corrected chi connectivity index (χ0v) is 31.4. The van der Waals surface area contributed by atoms with Crippen molar-refractivity contribution >= 4 is 65.0 Å². The molecule has 0 aliphatic rings. The maximum Gasteiger partial charge on any atom is 0.136 e. The molecule has 0 amide bonds. The summed E-state index contributed by atoms with van der Waals surface area (Å²) in [5, 5.41) is 9.34. The average Bonchev–Trinajstić information content (AvgIpc) is 3.76. The second-order valence-corrected chi connectivity index (χ2v) is 14.8. The van der Waals surface area contributed by atoms with Crippen LogP contribution in [0.2, 0.25) is 0 Å². The number of fused-ring (bicyclic) bond motifs is 8. The summed E-state index contributed by atoms with van der Waals surface area (Å²) in [4.78, 5) is 0. The zero-order valence-electron chi connectivity index (χ0n) is 41.4. The summed E-state index contributed by atoms with van der Waals surface area (Å²) in [6.07, 6.45) is 0. The van der Waals surface area contributed by atoms with E-state index in [1.165, 1.54) is 0 Å². The van der Waals surface area contributed by atoms with E-state index in [9.17, 15) is 0 Å². The highest BCUT2D eigenvalue weighted by molar-refractivity contribution is 6.27. The third-order valence-corrected chi connectivity index (χ3v) is 11.6. The lowest BCUT2D eigenvalue weighted by Gasteiger charge is -2.20. The smallest absolute Gasteiger partial charge is 0.136 e. The van der Waals surface area contributed by atoms with Crippen molar-refractivity contribution in [1.82, 2.24) is 0 Å². The van der Waals surface area contributed by atoms with Gasteiger partial charge in [0, 0.05) is 10.8 Å². The lowest BCUT2D eigenvalue weighted by atomic mass is 9.83. The molecule has 0 N–H and O–H groups in total. The molecule has 0 fully saturated rings. The molecule has 1 aromatic heterocycles. The highest BCUT2D eigenvalue weighted by atomic mass is 16.3. The molecule has 1 heterocycles. The Kier molecular flexibility index (Phi) is 5.65. The maximum atomic E-state index is 9.01. The highest BCUT2D eigenvalue weighted by Gasteiger charge is 2.20. The van der Waals surface area contributed by atoms with Crippen LogP contribution in [-0.2, 0) is 0 Å². The molecule has 11 aromatic carbocycles. The summed E-state index contributed by atoms with van der Waals surface area (Å²) in [5.41, 5.74) is 8.58. The molecule has 0 aliphatic heterocycles. The molecular formula is C58H36O. The quantitative estimate of drug-likeness (QED) is 0.126. The van der Waals surface area contributed by atoms with Crippen molar-refractivity contribution in [3.63, 3.8) is 0 Å². The second kappa shape index (κ2) is 13.4. The number of rotatable bonds is 5. The van der Waals surface area contributed by atoms with Crippen LogP contribution in [0.4, 0.5) is 0 Å². The van der Waals surface area contributed by atoms with Gasteiger partial charge in [-0.05, 0) is 129 Å². The van der Waals surface area contributed by atoms with Crippen LogP contribution in [0.3, 0.4) is 0 Å². The van der Waals surface area contributed by atoms with E-state index in [-0.39, 0.29) is 59.5 Å². The summed E-state index contributed by atoms with van der Waals surface area (Å²) in [7, 11) is 0. The van der Waals surface area contributed by atoms with Crippen LogP contribution in [0.25, 0.3) is 121 Å². The molecule has 1 heteroatoms. The third kappa shape index (κ3) is 5.33. The molecule has 0 atom stereocenters. The van der Waals surface area contributed by atoms with E-state index in [0.29, 0.717) is 22.3 Å². The van der Waals surface area contributed by atoms with Gasteiger partial charge < -0.3 is 4.42 Å². The lowest BCUT2D eigenvalue weighted by Crippen LogP contribution is -1.93. The monoisotopic (exact) mass is 758 g/mol. The predicted molar refractivity (Wildman–Crippen MR) is 251 cm³/mol. The van der Waals surface area contributed by atoms with Gasteiger partial charge in [-0.25, -0.2) is 0 Å². The number of benzene rings is 11. The Balaban J connectivity index is 1.04. The molecule has 12 aromatic rings. The van der Waals surface area contributed by atoms with Crippen molar-refractivity contribution in [1.29, 1.82) is 0 Å². The van der Waals surface area contributed by atoms with Crippen molar-refractivity contribution in [2.75, 3.05) is 0 Å². The minimum atomic E-state index is -0.435. The van der Waals surface area contributed by atoms with E-state index in [2.05, 4.69) is 91.0 Å². The van der Waals surface area contributed by atoms with E-state index >= 15 is 0 Å². The Morgan fingerprint density at radius 1 is 0.305 bits per heavy atom. The molecule has 0 aliphatic carbocycles. The number of hydrogen-bond acceptors (Lipinski definition) is 1. The second-order valence-electron chi connectivity index (χ2n) is 14.8. The zero-order chi connectivity index (χ0) is 47.6. The normalized spacial score (nSPS) is 14.1. The van der Waals surface area contributed by atoms with Gasteiger partial charge in [0.2, 0.25) is 0 Å². The molecule has 0 bridgehead atoms. The van der Waals surface area contributed by atoms with Gasteiger partial charge in [0.05, 0.1) is 13.7 Å². The first kappa shape index (κ1) is 24.8. The first-order valence-corrected chi connectivity index (χ1v) is 19.5. The van der Waals surface area contributed by atoms with Crippen LogP contribution in [-0.4, -0.2) is 0 Å². The van der Waals surface area contributed by atoms with Crippen molar-refractivity contribution < 1.29 is 18.1 Å². The molecule has 0 saturated heterocycles. The molecule has 12 rings (SSSR count). The van der Waals surface area contributed by atoms with Crippen molar-refractivity contribution in [3.05, 3.63) is 218 Å². The van der Waals surface area contributed by atoms with E-state index in [4.69, 9.17) is 18.1 Å². The lowest BCUT2D eigenvalue weighted by molar-refractivity contribution is 0.669. The Hall–Kier alpha value is -7.74. The minimum absolute atomic E-state index is 0.123. The van der Waals surface area contributed by atoms with E-state index in [0.717, 1.165) is 87.2 Å². The minimum Gasteiger partial charge on any atom is -0.456 e. The fraction of sp³-hybridized carbons (Fsp3) is 0. The van der Waals surface area contributed by atoms with Crippen molar-refractivity contribution in [3.8, 4) is 55.6 Å². The summed E-state index contributed by atoms with van der Waals surface area (Å²) in [6, 6.07) is 49.4. The van der Waals surface area contributed by atoms with E-state index in [1.54, 1.807) is 12.1 Å². The Bertz CT molecular complexity index is 4100. The molecule has 274 valence electrons. The van der Waals surface area contributed by atoms with Crippen LogP contribution < -0.4 is 0 Å². The fourth-order valence-corrected chi connectivity index (χ4v) is 9.14. The summed E-state index contributed by atoms with van der Waals surface area (Å²) >= 11 is 0. The summed E-state index contributed by atoms with van der Waals surface area (Å²) < 4.78 is 91.5. The molecular weight excluding hydrogens is 713 g/mol. The van der Waals surface area contributed by atoms with Crippen LogP contribution in [0.1, 0.15) is 13.7 Å². The Morgan fingerprint density at radius 2 is 0.864 bits per heavy atom. The molecule has 0 spiro atoms. The largest absolute Gasteiger partial charge is 0.456 e. The number of hydrogen-bond donors (Lipinski definition) is 0. The molecule has 1 nitrogen and oxygen atoms in total. The highest BCUT2D eigenvalue weighted by Crippen LogP contribution is 2.48. The molecule has 0 saturated carbocycles. The van der Waals surface area contributed by atoms with Gasteiger partial charge in [-0.2, -0.15) is 0 Å². The Labute approximate surface area is 356 Å². The first-order valence-electron chi connectivity index (χ1n) is 24.5. The van der Waals surface area contributed by atoms with Gasteiger partial charge in [-0.15, -0.1) is 0 Å². The van der Waals surface area contributed by atoms with Gasteiger partial charge in [-0.1, -0.05) is 188 Å². The van der Waals surface area contributed by atoms with Gasteiger partial charge in [0.1, 0.15) is 11.2 Å². The Morgan fingerprint density at radius 3 is 1.54 bits per heavy atom. The SMILES string of the molecule is [2H]c1c([2H])c([2H])c(-c2ccc3c(c2)oc2cccc(-c4cccc(-c5cccc6cc(-c7c8ccccc8c(-c8c([2H])c([2H])c([2H])c([2H])c8[2H])c8ccccc78)c7ccccc7c56)c4)c23)c([2H])c1[2H]. The first-order chi connectivity index (χ1) is 33.4. The van der Waals surface area contributed by atoms with E-state index in [1.807, 2.05) is 54.6 Å². The third-order valence-electron chi connectivity index (χ3n) is 11.6. The van der Waals surface area contributed by atoms with E-state index < -0.39 is 12.1 Å². The van der Waals surface area contributed by atoms with Gasteiger partial charge in [-0.3, -0.25) is 0 Å². The van der Waals surface area contributed by atoms with Gasteiger partial charge in [0.25, 0.3) is 0 Å². The number of furan rings is 1. The fourth-order valence-electron chi connectivity index (χ4n) is 9.14. The molecule has 59 heavy (non-hydrogen) atoms. The van der Waals surface area contributed by atoms with Gasteiger partial charge in [0.15, 0.2) is 0 Å². The summed E-state index contributed by atoms with van der Waals surface area (Å²) in [6.45, 7) is 0. The maximum absolute atomic E-state index is 9.01. The predicted octanol–water partition coefficient (Wildman–Crippen LogP) is 16.5. The average molecular weight is 759 g/mol. The molecule has 0 unspecified atom stereocenters.